The number of aryl methyl sites for hydroxylation is 1. The molecule has 0 saturated carbocycles. The number of ether oxygens (including phenoxy) is 1. The minimum Gasteiger partial charge on any atom is -0.496 e. The van der Waals surface area contributed by atoms with Gasteiger partial charge < -0.3 is 15.0 Å². The van der Waals surface area contributed by atoms with E-state index in [-0.39, 0.29) is 0 Å². The van der Waals surface area contributed by atoms with Crippen molar-refractivity contribution in [2.45, 2.75) is 26.2 Å². The van der Waals surface area contributed by atoms with Crippen molar-refractivity contribution < 1.29 is 4.74 Å². The van der Waals surface area contributed by atoms with Crippen LogP contribution in [-0.4, -0.2) is 45.7 Å². The van der Waals surface area contributed by atoms with E-state index in [2.05, 4.69) is 42.4 Å². The topological polar surface area (TPSA) is 24.5 Å². The Hall–Kier alpha value is -1.06. The highest BCUT2D eigenvalue weighted by Gasteiger charge is 2.04. The Morgan fingerprint density at radius 3 is 2.68 bits per heavy atom. The second-order valence-electron chi connectivity index (χ2n) is 5.01. The summed E-state index contributed by atoms with van der Waals surface area (Å²) >= 11 is 0. The van der Waals surface area contributed by atoms with Crippen molar-refractivity contribution in [1.29, 1.82) is 0 Å². The van der Waals surface area contributed by atoms with Crippen molar-refractivity contribution in [3.05, 3.63) is 29.3 Å². The molecule has 1 rings (SSSR count). The van der Waals surface area contributed by atoms with Crippen LogP contribution >= 0.6 is 0 Å². The first kappa shape index (κ1) is 16.0. The molecule has 0 heterocycles. The third-order valence-corrected chi connectivity index (χ3v) is 3.47. The fraction of sp³-hybridized carbons (Fsp3) is 0.625. The van der Waals surface area contributed by atoms with Gasteiger partial charge in [0.15, 0.2) is 0 Å². The van der Waals surface area contributed by atoms with Gasteiger partial charge >= 0.3 is 0 Å². The van der Waals surface area contributed by atoms with E-state index in [1.165, 1.54) is 17.5 Å². The molecule has 0 aromatic heterocycles. The molecular formula is C16H28N2O. The zero-order valence-corrected chi connectivity index (χ0v) is 12.8. The average molecular weight is 264 g/mol. The summed E-state index contributed by atoms with van der Waals surface area (Å²) in [7, 11) is 5.94. The molecule has 0 spiro atoms. The Bertz CT molecular complexity index is 366. The molecule has 0 radical (unpaired) electrons. The van der Waals surface area contributed by atoms with Gasteiger partial charge in [0.25, 0.3) is 0 Å². The predicted molar refractivity (Wildman–Crippen MR) is 82.1 cm³/mol. The van der Waals surface area contributed by atoms with Crippen LogP contribution in [0.15, 0.2) is 18.2 Å². The van der Waals surface area contributed by atoms with E-state index in [0.29, 0.717) is 0 Å². The van der Waals surface area contributed by atoms with Gasteiger partial charge in [-0.2, -0.15) is 0 Å². The summed E-state index contributed by atoms with van der Waals surface area (Å²) in [5.41, 5.74) is 2.70. The summed E-state index contributed by atoms with van der Waals surface area (Å²) in [6, 6.07) is 6.55. The number of nitrogens with one attached hydrogen (secondary N) is 1. The maximum absolute atomic E-state index is 5.36. The fourth-order valence-corrected chi connectivity index (χ4v) is 2.22. The number of rotatable bonds is 9. The van der Waals surface area contributed by atoms with Crippen LogP contribution in [0.4, 0.5) is 0 Å². The monoisotopic (exact) mass is 264 g/mol. The number of methoxy groups -OCH3 is 1. The molecule has 1 aromatic rings. The molecule has 0 aliphatic carbocycles. The Balaban J connectivity index is 2.44. The van der Waals surface area contributed by atoms with Crippen LogP contribution < -0.4 is 10.1 Å². The largest absolute Gasteiger partial charge is 0.496 e. The molecule has 0 amide bonds. The van der Waals surface area contributed by atoms with Crippen molar-refractivity contribution in [3.8, 4) is 5.75 Å². The smallest absolute Gasteiger partial charge is 0.122 e. The third kappa shape index (κ3) is 5.62. The molecule has 0 fully saturated rings. The summed E-state index contributed by atoms with van der Waals surface area (Å²) < 4.78 is 5.36. The first-order chi connectivity index (χ1) is 9.21. The van der Waals surface area contributed by atoms with Crippen LogP contribution in [0.5, 0.6) is 5.75 Å². The van der Waals surface area contributed by atoms with Crippen LogP contribution in [-0.2, 0) is 12.8 Å². The van der Waals surface area contributed by atoms with E-state index in [9.17, 15) is 0 Å². The molecular weight excluding hydrogens is 236 g/mol. The molecule has 3 nitrogen and oxygen atoms in total. The molecule has 0 saturated heterocycles. The lowest BCUT2D eigenvalue weighted by molar-refractivity contribution is 0.332. The number of hydrogen-bond donors (Lipinski definition) is 1. The molecule has 0 unspecified atom stereocenters. The van der Waals surface area contributed by atoms with Gasteiger partial charge in [0.05, 0.1) is 7.11 Å². The van der Waals surface area contributed by atoms with Gasteiger partial charge in [-0.1, -0.05) is 19.1 Å². The highest BCUT2D eigenvalue weighted by molar-refractivity contribution is 5.37. The minimum absolute atomic E-state index is 1.01. The quantitative estimate of drug-likeness (QED) is 0.693. The van der Waals surface area contributed by atoms with Gasteiger partial charge in [-0.05, 0) is 63.6 Å². The Labute approximate surface area is 118 Å². The first-order valence-corrected chi connectivity index (χ1v) is 7.20. The van der Waals surface area contributed by atoms with E-state index in [0.717, 1.165) is 38.2 Å². The molecule has 3 heteroatoms. The highest BCUT2D eigenvalue weighted by Crippen LogP contribution is 2.20. The van der Waals surface area contributed by atoms with Crippen molar-refractivity contribution in [2.75, 3.05) is 40.8 Å². The van der Waals surface area contributed by atoms with E-state index < -0.39 is 0 Å². The molecule has 0 bridgehead atoms. The molecule has 19 heavy (non-hydrogen) atoms. The number of likely N-dealkylation sites (N-methyl/N-ethyl adjacent to an activating group) is 1. The molecule has 1 N–H and O–H groups in total. The van der Waals surface area contributed by atoms with Gasteiger partial charge in [0, 0.05) is 6.54 Å². The van der Waals surface area contributed by atoms with Crippen LogP contribution in [0.25, 0.3) is 0 Å². The molecule has 0 atom stereocenters. The van der Waals surface area contributed by atoms with Crippen molar-refractivity contribution in [2.24, 2.45) is 0 Å². The number of hydrogen-bond acceptors (Lipinski definition) is 3. The minimum atomic E-state index is 1.01. The standard InChI is InChI=1S/C16H28N2O/c1-5-15-13-14(7-8-16(15)19-4)9-12-18(3)11-6-10-17-2/h7-8,13,17H,5-6,9-12H2,1-4H3. The molecule has 0 aliphatic rings. The predicted octanol–water partition coefficient (Wildman–Crippen LogP) is 2.34. The second kappa shape index (κ2) is 8.94. The van der Waals surface area contributed by atoms with Gasteiger partial charge in [-0.15, -0.1) is 0 Å². The lowest BCUT2D eigenvalue weighted by Crippen LogP contribution is -2.25. The van der Waals surface area contributed by atoms with E-state index in [4.69, 9.17) is 4.74 Å². The van der Waals surface area contributed by atoms with Gasteiger partial charge in [0.2, 0.25) is 0 Å². The van der Waals surface area contributed by atoms with Gasteiger partial charge in [-0.25, -0.2) is 0 Å². The van der Waals surface area contributed by atoms with Gasteiger partial charge in [-0.3, -0.25) is 0 Å². The summed E-state index contributed by atoms with van der Waals surface area (Å²) in [4.78, 5) is 2.40. The fourth-order valence-electron chi connectivity index (χ4n) is 2.22. The van der Waals surface area contributed by atoms with E-state index in [1.807, 2.05) is 7.05 Å². The Morgan fingerprint density at radius 2 is 2.05 bits per heavy atom. The van der Waals surface area contributed by atoms with Gasteiger partial charge in [0.1, 0.15) is 5.75 Å². The van der Waals surface area contributed by atoms with Crippen LogP contribution in [0.2, 0.25) is 0 Å². The normalized spacial score (nSPS) is 11.0. The summed E-state index contributed by atoms with van der Waals surface area (Å²) in [5.74, 6) is 1.01. The molecule has 0 aliphatic heterocycles. The van der Waals surface area contributed by atoms with Crippen molar-refractivity contribution in [3.63, 3.8) is 0 Å². The van der Waals surface area contributed by atoms with Crippen LogP contribution in [0.1, 0.15) is 24.5 Å². The van der Waals surface area contributed by atoms with E-state index in [1.54, 1.807) is 7.11 Å². The first-order valence-electron chi connectivity index (χ1n) is 7.20. The SMILES string of the molecule is CCc1cc(CCN(C)CCCNC)ccc1OC. The summed E-state index contributed by atoms with van der Waals surface area (Å²) in [5, 5.41) is 3.18. The zero-order valence-electron chi connectivity index (χ0n) is 12.8. The van der Waals surface area contributed by atoms with Crippen molar-refractivity contribution >= 4 is 0 Å². The van der Waals surface area contributed by atoms with Crippen molar-refractivity contribution in [1.82, 2.24) is 10.2 Å². The highest BCUT2D eigenvalue weighted by atomic mass is 16.5. The lowest BCUT2D eigenvalue weighted by atomic mass is 10.1. The Morgan fingerprint density at radius 1 is 1.26 bits per heavy atom. The summed E-state index contributed by atoms with van der Waals surface area (Å²) in [6.45, 7) is 5.52. The van der Waals surface area contributed by atoms with Crippen LogP contribution in [0, 0.1) is 0 Å². The molecule has 1 aromatic carbocycles. The third-order valence-electron chi connectivity index (χ3n) is 3.47. The number of benzene rings is 1. The second-order valence-corrected chi connectivity index (χ2v) is 5.01. The zero-order chi connectivity index (χ0) is 14.1. The lowest BCUT2D eigenvalue weighted by Gasteiger charge is -2.17. The number of nitrogens with zero attached hydrogens (tertiary/aromatic N) is 1. The van der Waals surface area contributed by atoms with Crippen LogP contribution in [0.3, 0.4) is 0 Å². The molecule has 108 valence electrons. The average Bonchev–Trinajstić information content (AvgIpc) is 2.45. The Kier molecular flexibility index (Phi) is 7.53. The summed E-state index contributed by atoms with van der Waals surface area (Å²) in [6.07, 6.45) is 3.33. The maximum Gasteiger partial charge on any atom is 0.122 e. The van der Waals surface area contributed by atoms with E-state index >= 15 is 0 Å². The maximum atomic E-state index is 5.36.